The first-order valence-corrected chi connectivity index (χ1v) is 6.98. The molecule has 1 aliphatic rings. The van der Waals surface area contributed by atoms with E-state index >= 15 is 0 Å². The van der Waals surface area contributed by atoms with Crippen LogP contribution in [0.4, 0.5) is 13.2 Å². The van der Waals surface area contributed by atoms with Gasteiger partial charge in [-0.15, -0.1) is 4.52 Å². The van der Waals surface area contributed by atoms with Crippen LogP contribution in [0.15, 0.2) is 0 Å². The average molecular weight is 257 g/mol. The second-order valence-electron chi connectivity index (χ2n) is 4.24. The zero-order chi connectivity index (χ0) is 12.0. The maximum atomic E-state index is 11.8. The molecule has 0 aromatic heterocycles. The summed E-state index contributed by atoms with van der Waals surface area (Å²) in [5.41, 5.74) is 0. The molecule has 0 aromatic rings. The summed E-state index contributed by atoms with van der Waals surface area (Å²) in [4.78, 5) is 0. The molecule has 1 saturated carbocycles. The van der Waals surface area contributed by atoms with Crippen LogP contribution in [0.5, 0.6) is 0 Å². The van der Waals surface area contributed by atoms with Crippen LogP contribution in [-0.4, -0.2) is 18.9 Å². The topological polar surface area (TPSA) is 26.3 Å². The number of rotatable bonds is 5. The first-order chi connectivity index (χ1) is 7.47. The molecule has 1 atom stereocenters. The Balaban J connectivity index is 2.09. The zero-order valence-corrected chi connectivity index (χ0v) is 10.0. The highest BCUT2D eigenvalue weighted by Gasteiger charge is 2.33. The second-order valence-corrected chi connectivity index (χ2v) is 5.61. The van der Waals surface area contributed by atoms with Crippen LogP contribution in [0, 0.1) is 5.92 Å². The maximum absolute atomic E-state index is 11.8. The van der Waals surface area contributed by atoms with Gasteiger partial charge in [0.25, 0.3) is 0 Å². The molecule has 0 aromatic carbocycles. The number of hydrogen-bond donors (Lipinski definition) is 0. The molecule has 1 rings (SSSR count). The molecule has 94 valence electrons. The van der Waals surface area contributed by atoms with Crippen LogP contribution < -0.4 is 0 Å². The van der Waals surface area contributed by atoms with E-state index in [1.54, 1.807) is 0 Å². The van der Waals surface area contributed by atoms with Crippen LogP contribution in [-0.2, 0) is 9.09 Å². The summed E-state index contributed by atoms with van der Waals surface area (Å²) in [7, 11) is -2.14. The van der Waals surface area contributed by atoms with Crippen LogP contribution in [0.2, 0.25) is 0 Å². The minimum Gasteiger partial charge on any atom is -0.168 e. The molecule has 6 heteroatoms. The van der Waals surface area contributed by atoms with E-state index in [1.807, 2.05) is 0 Å². The monoisotopic (exact) mass is 257 g/mol. The fraction of sp³-hybridized carbons (Fsp3) is 1.00. The molecule has 0 amide bonds. The summed E-state index contributed by atoms with van der Waals surface area (Å²) in [6.07, 6.45) is 2.45. The predicted molar refractivity (Wildman–Crippen MR) is 55.7 cm³/mol. The third-order valence-corrected chi connectivity index (χ3v) is 3.86. The van der Waals surface area contributed by atoms with Crippen molar-refractivity contribution in [2.75, 3.05) is 12.8 Å². The van der Waals surface area contributed by atoms with Crippen molar-refractivity contribution in [3.63, 3.8) is 0 Å². The van der Waals surface area contributed by atoms with Gasteiger partial charge in [0.2, 0.25) is 0 Å². The van der Waals surface area contributed by atoms with E-state index < -0.39 is 20.8 Å². The Hall–Kier alpha value is -0.150. The van der Waals surface area contributed by atoms with Crippen molar-refractivity contribution in [3.8, 4) is 0 Å². The van der Waals surface area contributed by atoms with Crippen molar-refractivity contribution in [3.05, 3.63) is 0 Å². The minimum atomic E-state index is -4.38. The second kappa shape index (κ2) is 6.55. The molecule has 1 unspecified atom stereocenters. The molecule has 0 radical (unpaired) electrons. The zero-order valence-electron chi connectivity index (χ0n) is 9.13. The molecule has 0 aliphatic heterocycles. The first kappa shape index (κ1) is 13.9. The normalized spacial score (nSPS) is 19.8. The highest BCUT2D eigenvalue weighted by atomic mass is 31.1. The van der Waals surface area contributed by atoms with E-state index in [-0.39, 0.29) is 6.16 Å². The lowest BCUT2D eigenvalue weighted by Crippen LogP contribution is -2.15. The van der Waals surface area contributed by atoms with Gasteiger partial charge in [0.15, 0.2) is 12.8 Å². The van der Waals surface area contributed by atoms with Crippen LogP contribution in [0.3, 0.4) is 0 Å². The number of halogens is 3. The summed E-state index contributed by atoms with van der Waals surface area (Å²) in [6.45, 7) is -1.40. The van der Waals surface area contributed by atoms with Crippen molar-refractivity contribution >= 4 is 8.03 Å². The van der Waals surface area contributed by atoms with Gasteiger partial charge in [-0.05, 0) is 16.9 Å². The SMILES string of the molecule is O=[P+](CCC1CCCCC1)OCC(F)(F)F. The standard InChI is InChI=1S/C10H17F3O2P/c11-10(12,13)8-15-16(14)7-6-9-4-2-1-3-5-9/h9H,1-8H2/q+1. The van der Waals surface area contributed by atoms with Gasteiger partial charge in [-0.25, -0.2) is 0 Å². The molecule has 0 saturated heterocycles. The number of hydrogen-bond acceptors (Lipinski definition) is 2. The van der Waals surface area contributed by atoms with E-state index in [9.17, 15) is 17.7 Å². The summed E-state index contributed by atoms with van der Waals surface area (Å²) in [5, 5.41) is 0. The van der Waals surface area contributed by atoms with Gasteiger partial charge in [-0.1, -0.05) is 32.1 Å². The Morgan fingerprint density at radius 1 is 1.19 bits per heavy atom. The first-order valence-electron chi connectivity index (χ1n) is 5.62. The minimum absolute atomic E-state index is 0.260. The van der Waals surface area contributed by atoms with Crippen molar-refractivity contribution < 1.29 is 22.3 Å². The Morgan fingerprint density at radius 3 is 2.38 bits per heavy atom. The Bertz CT molecular complexity index is 225. The van der Waals surface area contributed by atoms with Gasteiger partial charge in [-0.2, -0.15) is 13.2 Å². The third-order valence-electron chi connectivity index (χ3n) is 2.82. The van der Waals surface area contributed by atoms with E-state index in [1.165, 1.54) is 19.3 Å². The molecule has 0 spiro atoms. The molecule has 0 heterocycles. The fourth-order valence-corrected chi connectivity index (χ4v) is 2.97. The van der Waals surface area contributed by atoms with Gasteiger partial charge >= 0.3 is 14.2 Å². The summed E-state index contributed by atoms with van der Waals surface area (Å²) < 4.78 is 50.7. The van der Waals surface area contributed by atoms with E-state index in [2.05, 4.69) is 4.52 Å². The molecule has 0 N–H and O–H groups in total. The van der Waals surface area contributed by atoms with Crippen LogP contribution >= 0.6 is 8.03 Å². The Kier molecular flexibility index (Phi) is 5.70. The molecule has 0 bridgehead atoms. The average Bonchev–Trinajstić information content (AvgIpc) is 2.24. The van der Waals surface area contributed by atoms with Gasteiger partial charge in [0.05, 0.1) is 0 Å². The highest BCUT2D eigenvalue weighted by Crippen LogP contribution is 2.33. The molecule has 2 nitrogen and oxygen atoms in total. The van der Waals surface area contributed by atoms with E-state index in [0.717, 1.165) is 19.3 Å². The van der Waals surface area contributed by atoms with Crippen molar-refractivity contribution in [1.29, 1.82) is 0 Å². The van der Waals surface area contributed by atoms with Crippen LogP contribution in [0.25, 0.3) is 0 Å². The maximum Gasteiger partial charge on any atom is 0.508 e. The van der Waals surface area contributed by atoms with Crippen molar-refractivity contribution in [2.24, 2.45) is 5.92 Å². The summed E-state index contributed by atoms with van der Waals surface area (Å²) >= 11 is 0. The van der Waals surface area contributed by atoms with Gasteiger partial charge in [0, 0.05) is 0 Å². The number of alkyl halides is 3. The highest BCUT2D eigenvalue weighted by molar-refractivity contribution is 7.39. The summed E-state index contributed by atoms with van der Waals surface area (Å²) in [6, 6.07) is 0. The third kappa shape index (κ3) is 6.44. The van der Waals surface area contributed by atoms with Gasteiger partial charge in [-0.3, -0.25) is 0 Å². The lowest BCUT2D eigenvalue weighted by Gasteiger charge is -2.19. The Labute approximate surface area is 94.4 Å². The molecule has 16 heavy (non-hydrogen) atoms. The van der Waals surface area contributed by atoms with E-state index in [4.69, 9.17) is 0 Å². The van der Waals surface area contributed by atoms with Gasteiger partial charge in [0.1, 0.15) is 0 Å². The van der Waals surface area contributed by atoms with Gasteiger partial charge < -0.3 is 0 Å². The quantitative estimate of drug-likeness (QED) is 0.687. The molecular formula is C10H17F3O2P+. The largest absolute Gasteiger partial charge is 0.508 e. The van der Waals surface area contributed by atoms with E-state index in [0.29, 0.717) is 5.92 Å². The lowest BCUT2D eigenvalue weighted by molar-refractivity contribution is -0.152. The van der Waals surface area contributed by atoms with Crippen molar-refractivity contribution in [2.45, 2.75) is 44.7 Å². The Morgan fingerprint density at radius 2 is 1.81 bits per heavy atom. The summed E-state index contributed by atoms with van der Waals surface area (Å²) in [5.74, 6) is 0.530. The smallest absolute Gasteiger partial charge is 0.168 e. The lowest BCUT2D eigenvalue weighted by atomic mass is 9.88. The predicted octanol–water partition coefficient (Wildman–Crippen LogP) is 4.28. The molecular weight excluding hydrogens is 240 g/mol. The van der Waals surface area contributed by atoms with Crippen molar-refractivity contribution in [1.82, 2.24) is 0 Å². The van der Waals surface area contributed by atoms with Crippen LogP contribution in [0.1, 0.15) is 38.5 Å². The molecule has 1 fully saturated rings. The molecule has 1 aliphatic carbocycles. The fourth-order valence-electron chi connectivity index (χ4n) is 1.97.